The Balaban J connectivity index is 2.00. The van der Waals surface area contributed by atoms with Crippen LogP contribution in [-0.4, -0.2) is 44.7 Å². The maximum Gasteiger partial charge on any atom is 0.253 e. The zero-order valence-electron chi connectivity index (χ0n) is 18.1. The molecule has 0 aliphatic carbocycles. The van der Waals surface area contributed by atoms with Crippen molar-refractivity contribution in [3.63, 3.8) is 0 Å². The highest BCUT2D eigenvalue weighted by atomic mass is 32.2. The van der Waals surface area contributed by atoms with Crippen molar-refractivity contribution in [2.24, 2.45) is 0 Å². The molecule has 4 rings (SSSR count). The van der Waals surface area contributed by atoms with Gasteiger partial charge in [-0.05, 0) is 65.3 Å². The molecule has 0 saturated carbocycles. The third-order valence-electron chi connectivity index (χ3n) is 5.90. The molecule has 1 aromatic heterocycles. The minimum Gasteiger partial charge on any atom is -0.493 e. The van der Waals surface area contributed by atoms with Gasteiger partial charge in [-0.25, -0.2) is 8.42 Å². The van der Waals surface area contributed by atoms with Crippen molar-refractivity contribution in [2.45, 2.75) is 25.8 Å². The van der Waals surface area contributed by atoms with Crippen LogP contribution in [0.2, 0.25) is 0 Å². The SMILES string of the molecule is CCc1ccc2[nH]c(=O)c(C3c4cc(OC)c(OC)cc4CCN3S(C)(=O)=O)cc2c1. The van der Waals surface area contributed by atoms with Gasteiger partial charge in [-0.3, -0.25) is 4.79 Å². The third kappa shape index (κ3) is 3.81. The molecule has 0 amide bonds. The van der Waals surface area contributed by atoms with Gasteiger partial charge in [0.2, 0.25) is 10.0 Å². The van der Waals surface area contributed by atoms with Crippen molar-refractivity contribution < 1.29 is 17.9 Å². The molecule has 164 valence electrons. The number of hydrogen-bond acceptors (Lipinski definition) is 5. The number of H-pyrrole nitrogens is 1. The highest BCUT2D eigenvalue weighted by Crippen LogP contribution is 2.41. The molecule has 0 saturated heterocycles. The first-order valence-corrected chi connectivity index (χ1v) is 12.0. The number of aryl methyl sites for hydroxylation is 1. The van der Waals surface area contributed by atoms with E-state index in [0.717, 1.165) is 34.0 Å². The molecule has 0 spiro atoms. The summed E-state index contributed by atoms with van der Waals surface area (Å²) in [6.07, 6.45) is 2.56. The highest BCUT2D eigenvalue weighted by molar-refractivity contribution is 7.88. The van der Waals surface area contributed by atoms with Crippen molar-refractivity contribution in [3.8, 4) is 11.5 Å². The molecule has 1 N–H and O–H groups in total. The quantitative estimate of drug-likeness (QED) is 0.656. The van der Waals surface area contributed by atoms with Crippen molar-refractivity contribution in [3.05, 3.63) is 69.0 Å². The summed E-state index contributed by atoms with van der Waals surface area (Å²) >= 11 is 0. The number of rotatable bonds is 5. The summed E-state index contributed by atoms with van der Waals surface area (Å²) in [5.74, 6) is 1.07. The summed E-state index contributed by atoms with van der Waals surface area (Å²) in [6, 6.07) is 10.6. The minimum absolute atomic E-state index is 0.276. The second-order valence-electron chi connectivity index (χ2n) is 7.76. The van der Waals surface area contributed by atoms with Crippen LogP contribution in [0.5, 0.6) is 11.5 Å². The Morgan fingerprint density at radius 3 is 2.42 bits per heavy atom. The summed E-state index contributed by atoms with van der Waals surface area (Å²) in [7, 11) is -0.480. The van der Waals surface area contributed by atoms with Crippen LogP contribution in [0.3, 0.4) is 0 Å². The standard InChI is InChI=1S/C23H26N2O5S/c1-5-14-6-7-19-16(10-14)11-18(23(26)24-19)22-17-13-21(30-3)20(29-2)12-15(17)8-9-25(22)31(4,27)28/h6-7,10-13,22H,5,8-9H2,1-4H3,(H,24,26). The number of ether oxygens (including phenoxy) is 2. The van der Waals surface area contributed by atoms with Crippen LogP contribution in [0.4, 0.5) is 0 Å². The molecule has 0 radical (unpaired) electrons. The van der Waals surface area contributed by atoms with E-state index >= 15 is 0 Å². The molecule has 0 fully saturated rings. The molecular formula is C23H26N2O5S. The average Bonchev–Trinajstić information content (AvgIpc) is 2.75. The number of hydrogen-bond donors (Lipinski definition) is 1. The van der Waals surface area contributed by atoms with Crippen LogP contribution in [0.1, 0.15) is 35.2 Å². The van der Waals surface area contributed by atoms with E-state index in [1.54, 1.807) is 13.2 Å². The number of nitrogens with one attached hydrogen (secondary N) is 1. The first kappa shape index (κ1) is 21.4. The zero-order valence-corrected chi connectivity index (χ0v) is 18.9. The predicted octanol–water partition coefficient (Wildman–Crippen LogP) is 3.01. The van der Waals surface area contributed by atoms with E-state index in [0.29, 0.717) is 23.5 Å². The molecule has 8 heteroatoms. The number of aromatic nitrogens is 1. The van der Waals surface area contributed by atoms with Crippen LogP contribution in [0.15, 0.2) is 41.2 Å². The Labute approximate surface area is 181 Å². The monoisotopic (exact) mass is 442 g/mol. The van der Waals surface area contributed by atoms with Crippen molar-refractivity contribution in [1.29, 1.82) is 0 Å². The lowest BCUT2D eigenvalue weighted by Gasteiger charge is -2.36. The predicted molar refractivity (Wildman–Crippen MR) is 121 cm³/mol. The highest BCUT2D eigenvalue weighted by Gasteiger charge is 2.37. The van der Waals surface area contributed by atoms with E-state index in [1.165, 1.54) is 17.7 Å². The summed E-state index contributed by atoms with van der Waals surface area (Å²) in [6.45, 7) is 2.34. The molecule has 2 heterocycles. The largest absolute Gasteiger partial charge is 0.493 e. The van der Waals surface area contributed by atoms with Gasteiger partial charge >= 0.3 is 0 Å². The van der Waals surface area contributed by atoms with Crippen molar-refractivity contribution in [2.75, 3.05) is 27.0 Å². The van der Waals surface area contributed by atoms with Crippen molar-refractivity contribution >= 4 is 20.9 Å². The molecule has 3 aromatic rings. The second kappa shape index (κ2) is 8.01. The Morgan fingerprint density at radius 2 is 1.77 bits per heavy atom. The van der Waals surface area contributed by atoms with Gasteiger partial charge in [-0.15, -0.1) is 0 Å². The smallest absolute Gasteiger partial charge is 0.253 e. The lowest BCUT2D eigenvalue weighted by atomic mass is 9.89. The topological polar surface area (TPSA) is 88.7 Å². The Morgan fingerprint density at radius 1 is 1.06 bits per heavy atom. The Bertz CT molecular complexity index is 1310. The normalized spacial score (nSPS) is 16.8. The summed E-state index contributed by atoms with van der Waals surface area (Å²) in [5.41, 5.74) is 3.61. The molecule has 1 aliphatic heterocycles. The van der Waals surface area contributed by atoms with E-state index in [4.69, 9.17) is 9.47 Å². The van der Waals surface area contributed by atoms with Gasteiger partial charge in [0.15, 0.2) is 11.5 Å². The lowest BCUT2D eigenvalue weighted by molar-refractivity contribution is 0.332. The summed E-state index contributed by atoms with van der Waals surface area (Å²) in [5, 5.41) is 0.870. The zero-order chi connectivity index (χ0) is 22.3. The molecule has 1 aliphatic rings. The first-order valence-electron chi connectivity index (χ1n) is 10.1. The van der Waals surface area contributed by atoms with Gasteiger partial charge in [0.05, 0.1) is 26.5 Å². The fourth-order valence-electron chi connectivity index (χ4n) is 4.30. The molecule has 7 nitrogen and oxygen atoms in total. The summed E-state index contributed by atoms with van der Waals surface area (Å²) < 4.78 is 37.6. The Kier molecular flexibility index (Phi) is 5.53. The number of benzene rings is 2. The average molecular weight is 443 g/mol. The van der Waals surface area contributed by atoms with Crippen LogP contribution in [0.25, 0.3) is 10.9 Å². The number of aromatic amines is 1. The number of nitrogens with zero attached hydrogens (tertiary/aromatic N) is 1. The van der Waals surface area contributed by atoms with Crippen LogP contribution in [-0.2, 0) is 22.9 Å². The third-order valence-corrected chi connectivity index (χ3v) is 7.14. The molecule has 0 bridgehead atoms. The van der Waals surface area contributed by atoms with E-state index < -0.39 is 16.1 Å². The van der Waals surface area contributed by atoms with Gasteiger partial charge in [-0.2, -0.15) is 4.31 Å². The number of pyridine rings is 1. The fraction of sp³-hybridized carbons (Fsp3) is 0.348. The number of fused-ring (bicyclic) bond motifs is 2. The van der Waals surface area contributed by atoms with Gasteiger partial charge in [0, 0.05) is 17.6 Å². The van der Waals surface area contributed by atoms with Crippen LogP contribution < -0.4 is 15.0 Å². The fourth-order valence-corrected chi connectivity index (χ4v) is 5.33. The van der Waals surface area contributed by atoms with E-state index in [2.05, 4.69) is 11.9 Å². The van der Waals surface area contributed by atoms with Crippen molar-refractivity contribution in [1.82, 2.24) is 9.29 Å². The van der Waals surface area contributed by atoms with Gasteiger partial charge in [0.1, 0.15) is 0 Å². The number of sulfonamides is 1. The van der Waals surface area contributed by atoms with Gasteiger partial charge in [0.25, 0.3) is 5.56 Å². The van der Waals surface area contributed by atoms with Gasteiger partial charge in [-0.1, -0.05) is 13.0 Å². The van der Waals surface area contributed by atoms with Crippen LogP contribution >= 0.6 is 0 Å². The maximum absolute atomic E-state index is 13.1. The van der Waals surface area contributed by atoms with E-state index in [-0.39, 0.29) is 12.1 Å². The Hall–Kier alpha value is -2.84. The van der Waals surface area contributed by atoms with E-state index in [9.17, 15) is 13.2 Å². The van der Waals surface area contributed by atoms with Gasteiger partial charge < -0.3 is 14.5 Å². The molecule has 1 atom stereocenters. The second-order valence-corrected chi connectivity index (χ2v) is 9.70. The van der Waals surface area contributed by atoms with Crippen LogP contribution in [0, 0.1) is 0 Å². The minimum atomic E-state index is -3.58. The van der Waals surface area contributed by atoms with E-state index in [1.807, 2.05) is 30.3 Å². The molecule has 31 heavy (non-hydrogen) atoms. The first-order chi connectivity index (χ1) is 14.8. The molecular weight excluding hydrogens is 416 g/mol. The maximum atomic E-state index is 13.1. The number of methoxy groups -OCH3 is 2. The lowest BCUT2D eigenvalue weighted by Crippen LogP contribution is -2.42. The molecule has 2 aromatic carbocycles. The molecule has 1 unspecified atom stereocenters. The summed E-state index contributed by atoms with van der Waals surface area (Å²) in [4.78, 5) is 16.0.